The zero-order valence-corrected chi connectivity index (χ0v) is 16.4. The van der Waals surface area contributed by atoms with E-state index in [0.29, 0.717) is 0 Å². The number of pyridine rings is 3. The van der Waals surface area contributed by atoms with E-state index in [1.807, 2.05) is 0 Å². The van der Waals surface area contributed by atoms with Crippen molar-refractivity contribution >= 4 is 65.9 Å². The second-order valence-corrected chi connectivity index (χ2v) is 7.76. The maximum Gasteiger partial charge on any atom is 0.271 e. The van der Waals surface area contributed by atoms with Crippen molar-refractivity contribution in [2.24, 2.45) is 0 Å². The summed E-state index contributed by atoms with van der Waals surface area (Å²) in [6.45, 7) is 0. The van der Waals surface area contributed by atoms with Crippen LogP contribution in [-0.4, -0.2) is 19.2 Å². The molecule has 0 radical (unpaired) electrons. The standard InChI is InChI=1S/C21H6N4O9/c26-19-10-1-7(23(29)30)2-11-16(10)22-17-12(19)3-8(24(31)32)4-13(17)21(28)15-6-9(25(33)34)5-14(18(15)22)20(11)27/h1-6H. The SMILES string of the molecule is O=c1c2cc([N+](=O)[O-])cc3c(=O)c4cc([N+](=O)[O-])cc5c(=O)c6cc([N+](=O)[O-])cc1c6n(c23)c45. The van der Waals surface area contributed by atoms with Crippen LogP contribution >= 0.6 is 0 Å². The summed E-state index contributed by atoms with van der Waals surface area (Å²) in [6, 6.07) is 5.76. The first-order valence-corrected chi connectivity index (χ1v) is 9.51. The van der Waals surface area contributed by atoms with Gasteiger partial charge in [-0.1, -0.05) is 0 Å². The fourth-order valence-electron chi connectivity index (χ4n) is 4.71. The Morgan fingerprint density at radius 1 is 0.471 bits per heavy atom. The third kappa shape index (κ3) is 2.14. The molecule has 13 heteroatoms. The smallest absolute Gasteiger partial charge is 0.271 e. The summed E-state index contributed by atoms with van der Waals surface area (Å²) in [5, 5.41) is 33.0. The Labute approximate surface area is 183 Å². The van der Waals surface area contributed by atoms with Gasteiger partial charge in [0, 0.05) is 36.4 Å². The van der Waals surface area contributed by atoms with Crippen LogP contribution in [-0.2, 0) is 0 Å². The summed E-state index contributed by atoms with van der Waals surface area (Å²) in [4.78, 5) is 72.1. The van der Waals surface area contributed by atoms with Crippen LogP contribution < -0.4 is 16.3 Å². The molecule has 0 unspecified atom stereocenters. The number of nitrogens with zero attached hydrogens (tertiary/aromatic N) is 4. The van der Waals surface area contributed by atoms with Crippen molar-refractivity contribution in [3.8, 4) is 0 Å². The van der Waals surface area contributed by atoms with Gasteiger partial charge in [0.25, 0.3) is 17.1 Å². The number of hydrogen-bond donors (Lipinski definition) is 0. The van der Waals surface area contributed by atoms with Gasteiger partial charge in [0.15, 0.2) is 16.3 Å². The maximum atomic E-state index is 13.4. The third-order valence-electron chi connectivity index (χ3n) is 6.06. The van der Waals surface area contributed by atoms with Gasteiger partial charge in [-0.3, -0.25) is 44.7 Å². The van der Waals surface area contributed by atoms with E-state index in [0.717, 1.165) is 36.4 Å². The van der Waals surface area contributed by atoms with E-state index in [1.54, 1.807) is 0 Å². The molecule has 0 spiro atoms. The Morgan fingerprint density at radius 3 is 0.853 bits per heavy atom. The molecule has 0 aliphatic carbocycles. The van der Waals surface area contributed by atoms with Crippen molar-refractivity contribution in [2.45, 2.75) is 0 Å². The lowest BCUT2D eigenvalue weighted by atomic mass is 9.96. The highest BCUT2D eigenvalue weighted by atomic mass is 16.6. The largest absolute Gasteiger partial charge is 0.306 e. The first-order valence-electron chi connectivity index (χ1n) is 9.51. The Morgan fingerprint density at radius 2 is 0.676 bits per heavy atom. The molecule has 0 atom stereocenters. The molecule has 0 N–H and O–H groups in total. The lowest BCUT2D eigenvalue weighted by Crippen LogP contribution is -2.19. The van der Waals surface area contributed by atoms with Crippen molar-refractivity contribution in [3.05, 3.63) is 97.4 Å². The molecule has 164 valence electrons. The number of aromatic nitrogens is 1. The fraction of sp³-hybridized carbons (Fsp3) is 0. The molecular formula is C21H6N4O9. The maximum absolute atomic E-state index is 13.4. The molecule has 0 aliphatic heterocycles. The van der Waals surface area contributed by atoms with Crippen molar-refractivity contribution in [1.29, 1.82) is 0 Å². The van der Waals surface area contributed by atoms with E-state index in [9.17, 15) is 44.7 Å². The van der Waals surface area contributed by atoms with E-state index in [-0.39, 0.29) is 48.9 Å². The fourth-order valence-corrected chi connectivity index (χ4v) is 4.71. The highest BCUT2D eigenvalue weighted by Gasteiger charge is 2.28. The Balaban J connectivity index is 2.12. The second kappa shape index (κ2) is 5.92. The zero-order valence-electron chi connectivity index (χ0n) is 16.4. The minimum atomic E-state index is -0.828. The molecule has 0 aliphatic rings. The van der Waals surface area contributed by atoms with Gasteiger partial charge in [-0.15, -0.1) is 0 Å². The first-order chi connectivity index (χ1) is 16.1. The van der Waals surface area contributed by atoms with Crippen LogP contribution in [0.4, 0.5) is 17.1 Å². The molecule has 0 amide bonds. The topological polar surface area (TPSA) is 185 Å². The summed E-state index contributed by atoms with van der Waals surface area (Å²) >= 11 is 0. The Bertz CT molecular complexity index is 1770. The van der Waals surface area contributed by atoms with Crippen molar-refractivity contribution in [1.82, 2.24) is 4.40 Å². The molecule has 0 saturated carbocycles. The van der Waals surface area contributed by atoms with Gasteiger partial charge in [-0.05, 0) is 0 Å². The molecule has 6 rings (SSSR count). The molecule has 3 heterocycles. The zero-order chi connectivity index (χ0) is 24.2. The summed E-state index contributed by atoms with van der Waals surface area (Å²) in [5.41, 5.74) is -4.26. The number of nitro benzene ring substituents is 3. The molecule has 3 aromatic heterocycles. The van der Waals surface area contributed by atoms with E-state index < -0.39 is 48.1 Å². The minimum Gasteiger partial charge on any atom is -0.306 e. The summed E-state index contributed by atoms with van der Waals surface area (Å²) in [6.07, 6.45) is 0. The van der Waals surface area contributed by atoms with Gasteiger partial charge < -0.3 is 4.40 Å². The predicted octanol–water partition coefficient (Wildman–Crippen LogP) is 2.67. The average molecular weight is 458 g/mol. The minimum absolute atomic E-state index is 0.0155. The summed E-state index contributed by atoms with van der Waals surface area (Å²) in [7, 11) is 0. The molecule has 0 bridgehead atoms. The third-order valence-corrected chi connectivity index (χ3v) is 6.06. The number of rotatable bonds is 3. The van der Waals surface area contributed by atoms with Crippen LogP contribution in [0.5, 0.6) is 0 Å². The van der Waals surface area contributed by atoms with Crippen molar-refractivity contribution in [3.63, 3.8) is 0 Å². The van der Waals surface area contributed by atoms with E-state index >= 15 is 0 Å². The normalized spacial score (nSPS) is 12.0. The first kappa shape index (κ1) is 19.4. The summed E-state index contributed by atoms with van der Waals surface area (Å²) in [5.74, 6) is 0. The van der Waals surface area contributed by atoms with Gasteiger partial charge in [-0.2, -0.15) is 0 Å². The molecule has 13 nitrogen and oxygen atoms in total. The van der Waals surface area contributed by atoms with Crippen LogP contribution in [0.3, 0.4) is 0 Å². The Hall–Kier alpha value is -5.33. The number of benzene rings is 3. The van der Waals surface area contributed by atoms with Crippen LogP contribution in [0.1, 0.15) is 0 Å². The van der Waals surface area contributed by atoms with Crippen molar-refractivity contribution in [2.75, 3.05) is 0 Å². The van der Waals surface area contributed by atoms with E-state index in [2.05, 4.69) is 0 Å². The molecular weight excluding hydrogens is 452 g/mol. The van der Waals surface area contributed by atoms with Crippen molar-refractivity contribution < 1.29 is 14.8 Å². The lowest BCUT2D eigenvalue weighted by molar-refractivity contribution is -0.384. The lowest BCUT2D eigenvalue weighted by Gasteiger charge is -2.17. The van der Waals surface area contributed by atoms with Crippen LogP contribution in [0.15, 0.2) is 50.8 Å². The van der Waals surface area contributed by atoms with Crippen LogP contribution in [0, 0.1) is 30.3 Å². The summed E-state index contributed by atoms with van der Waals surface area (Å²) < 4.78 is 1.36. The number of hydrogen-bond acceptors (Lipinski definition) is 9. The highest BCUT2D eigenvalue weighted by molar-refractivity contribution is 6.17. The van der Waals surface area contributed by atoms with Gasteiger partial charge in [0.1, 0.15) is 0 Å². The number of nitro groups is 3. The monoisotopic (exact) mass is 458 g/mol. The Kier molecular flexibility index (Phi) is 3.37. The molecule has 3 aromatic carbocycles. The molecule has 0 fully saturated rings. The van der Waals surface area contributed by atoms with E-state index in [1.165, 1.54) is 4.40 Å². The van der Waals surface area contributed by atoms with Gasteiger partial charge >= 0.3 is 0 Å². The number of non-ortho nitro benzene ring substituents is 3. The van der Waals surface area contributed by atoms with Gasteiger partial charge in [-0.25, -0.2) is 0 Å². The van der Waals surface area contributed by atoms with Crippen LogP contribution in [0.2, 0.25) is 0 Å². The second-order valence-electron chi connectivity index (χ2n) is 7.76. The average Bonchev–Trinajstić information content (AvgIpc) is 2.80. The molecule has 34 heavy (non-hydrogen) atoms. The predicted molar refractivity (Wildman–Crippen MR) is 120 cm³/mol. The molecule has 0 saturated heterocycles. The van der Waals surface area contributed by atoms with E-state index in [4.69, 9.17) is 0 Å². The quantitative estimate of drug-likeness (QED) is 0.166. The van der Waals surface area contributed by atoms with Crippen LogP contribution in [0.25, 0.3) is 48.9 Å². The van der Waals surface area contributed by atoms with Gasteiger partial charge in [0.05, 0.1) is 63.6 Å². The van der Waals surface area contributed by atoms with Gasteiger partial charge in [0.2, 0.25) is 0 Å². The highest BCUT2D eigenvalue weighted by Crippen LogP contribution is 2.36. The molecule has 6 aromatic rings.